The molecule has 0 aliphatic rings. The monoisotopic (exact) mass is 288 g/mol. The number of rotatable bonds is 4. The van der Waals surface area contributed by atoms with Crippen LogP contribution in [0.15, 0.2) is 35.8 Å². The molecule has 2 nitrogen and oxygen atoms in total. The van der Waals surface area contributed by atoms with Gasteiger partial charge < -0.3 is 5.32 Å². The Bertz CT molecular complexity index is 638. The Morgan fingerprint density at radius 3 is 2.84 bits per heavy atom. The van der Waals surface area contributed by atoms with E-state index in [-0.39, 0.29) is 6.04 Å². The Labute approximate surface area is 121 Å². The van der Waals surface area contributed by atoms with Gasteiger partial charge in [-0.3, -0.25) is 4.98 Å². The summed E-state index contributed by atoms with van der Waals surface area (Å²) in [6, 6.07) is 9.00. The maximum atomic E-state index is 4.42. The van der Waals surface area contributed by atoms with E-state index in [1.54, 1.807) is 0 Å². The van der Waals surface area contributed by atoms with Crippen LogP contribution in [0.1, 0.15) is 29.1 Å². The lowest BCUT2D eigenvalue weighted by Gasteiger charge is -2.16. The van der Waals surface area contributed by atoms with Crippen molar-refractivity contribution in [2.75, 3.05) is 6.54 Å². The second-order valence-corrected chi connectivity index (χ2v) is 6.58. The summed E-state index contributed by atoms with van der Waals surface area (Å²) in [5, 5.41) is 5.71. The van der Waals surface area contributed by atoms with E-state index in [0.29, 0.717) is 0 Å². The fraction of sp³-hybridized carbons (Fsp3) is 0.267. The first kappa shape index (κ1) is 12.8. The summed E-state index contributed by atoms with van der Waals surface area (Å²) >= 11 is 3.68. The third-order valence-electron chi connectivity index (χ3n) is 3.12. The van der Waals surface area contributed by atoms with E-state index >= 15 is 0 Å². The van der Waals surface area contributed by atoms with Gasteiger partial charge in [-0.2, -0.15) is 0 Å². The van der Waals surface area contributed by atoms with Crippen LogP contribution in [0.3, 0.4) is 0 Å². The number of nitrogens with zero attached hydrogens (tertiary/aromatic N) is 1. The third-order valence-corrected chi connectivity index (χ3v) is 5.28. The average molecular weight is 288 g/mol. The zero-order chi connectivity index (χ0) is 13.2. The Morgan fingerprint density at radius 1 is 1.26 bits per heavy atom. The van der Waals surface area contributed by atoms with Crippen molar-refractivity contribution < 1.29 is 0 Å². The number of aromatic nitrogens is 1. The third kappa shape index (κ3) is 2.56. The van der Waals surface area contributed by atoms with Gasteiger partial charge in [0.15, 0.2) is 0 Å². The first-order chi connectivity index (χ1) is 9.28. The minimum Gasteiger partial charge on any atom is -0.306 e. The summed E-state index contributed by atoms with van der Waals surface area (Å²) in [4.78, 5) is 5.79. The van der Waals surface area contributed by atoms with Crippen LogP contribution < -0.4 is 5.32 Å². The second-order valence-electron chi connectivity index (χ2n) is 4.52. The molecule has 1 atom stereocenters. The quantitative estimate of drug-likeness (QED) is 0.771. The predicted molar refractivity (Wildman–Crippen MR) is 84.2 cm³/mol. The molecule has 3 aromatic rings. The standard InChI is InChI=1S/C15H16N2S2/c1-3-16-15(11-5-4-10(2)17-9-11)14-8-13-12(19-14)6-7-18-13/h4-9,15-16H,3H2,1-2H3. The number of nitrogens with one attached hydrogen (secondary N) is 1. The molecule has 3 heterocycles. The average Bonchev–Trinajstić information content (AvgIpc) is 2.98. The Kier molecular flexibility index (Phi) is 3.64. The van der Waals surface area contributed by atoms with Crippen LogP contribution in [0.25, 0.3) is 9.40 Å². The van der Waals surface area contributed by atoms with Crippen LogP contribution in [-0.2, 0) is 0 Å². The molecular formula is C15H16N2S2. The summed E-state index contributed by atoms with van der Waals surface area (Å²) in [7, 11) is 0. The topological polar surface area (TPSA) is 24.9 Å². The van der Waals surface area contributed by atoms with E-state index in [2.05, 4.69) is 46.9 Å². The van der Waals surface area contributed by atoms with Crippen LogP contribution in [-0.4, -0.2) is 11.5 Å². The smallest absolute Gasteiger partial charge is 0.0686 e. The van der Waals surface area contributed by atoms with Crippen LogP contribution in [0, 0.1) is 6.92 Å². The normalized spacial score (nSPS) is 12.9. The molecule has 19 heavy (non-hydrogen) atoms. The van der Waals surface area contributed by atoms with E-state index in [0.717, 1.165) is 12.2 Å². The molecule has 0 saturated heterocycles. The largest absolute Gasteiger partial charge is 0.306 e. The van der Waals surface area contributed by atoms with Crippen LogP contribution in [0.4, 0.5) is 0 Å². The first-order valence-corrected chi connectivity index (χ1v) is 8.10. The highest BCUT2D eigenvalue weighted by atomic mass is 32.1. The van der Waals surface area contributed by atoms with Gasteiger partial charge in [-0.1, -0.05) is 13.0 Å². The highest BCUT2D eigenvalue weighted by Gasteiger charge is 2.16. The first-order valence-electron chi connectivity index (χ1n) is 6.41. The number of hydrogen-bond donors (Lipinski definition) is 1. The molecule has 1 N–H and O–H groups in total. The van der Waals surface area contributed by atoms with Crippen molar-refractivity contribution >= 4 is 32.1 Å². The molecule has 0 aliphatic carbocycles. The van der Waals surface area contributed by atoms with E-state index < -0.39 is 0 Å². The van der Waals surface area contributed by atoms with Gasteiger partial charge in [0.1, 0.15) is 0 Å². The lowest BCUT2D eigenvalue weighted by atomic mass is 10.1. The van der Waals surface area contributed by atoms with Gasteiger partial charge in [0.25, 0.3) is 0 Å². The Balaban J connectivity index is 2.00. The molecule has 0 fully saturated rings. The molecule has 4 heteroatoms. The lowest BCUT2D eigenvalue weighted by molar-refractivity contribution is 0.637. The Morgan fingerprint density at radius 2 is 2.16 bits per heavy atom. The molecule has 98 valence electrons. The molecule has 0 aliphatic heterocycles. The summed E-state index contributed by atoms with van der Waals surface area (Å²) in [6.45, 7) is 5.11. The van der Waals surface area contributed by atoms with Crippen molar-refractivity contribution in [3.05, 3.63) is 52.0 Å². The molecular weight excluding hydrogens is 272 g/mol. The number of thiophene rings is 2. The lowest BCUT2D eigenvalue weighted by Crippen LogP contribution is -2.21. The minimum atomic E-state index is 0.252. The molecule has 0 radical (unpaired) electrons. The van der Waals surface area contributed by atoms with Crippen LogP contribution in [0.5, 0.6) is 0 Å². The maximum Gasteiger partial charge on any atom is 0.0686 e. The molecule has 0 amide bonds. The summed E-state index contributed by atoms with van der Waals surface area (Å²) in [6.07, 6.45) is 1.98. The van der Waals surface area contributed by atoms with Gasteiger partial charge in [-0.15, -0.1) is 22.7 Å². The van der Waals surface area contributed by atoms with Gasteiger partial charge in [-0.05, 0) is 42.6 Å². The molecule has 3 rings (SSSR count). The summed E-state index contributed by atoms with van der Waals surface area (Å²) in [5.74, 6) is 0. The number of fused-ring (bicyclic) bond motifs is 1. The predicted octanol–water partition coefficient (Wildman–Crippen LogP) is 4.37. The molecule has 0 bridgehead atoms. The zero-order valence-corrected chi connectivity index (χ0v) is 12.6. The maximum absolute atomic E-state index is 4.42. The molecule has 0 spiro atoms. The van der Waals surface area contributed by atoms with Gasteiger partial charge in [-0.25, -0.2) is 0 Å². The fourth-order valence-electron chi connectivity index (χ4n) is 2.16. The van der Waals surface area contributed by atoms with Crippen LogP contribution >= 0.6 is 22.7 Å². The van der Waals surface area contributed by atoms with Crippen molar-refractivity contribution in [1.82, 2.24) is 10.3 Å². The van der Waals surface area contributed by atoms with Gasteiger partial charge in [0.2, 0.25) is 0 Å². The van der Waals surface area contributed by atoms with Crippen molar-refractivity contribution in [2.24, 2.45) is 0 Å². The number of pyridine rings is 1. The van der Waals surface area contributed by atoms with E-state index in [4.69, 9.17) is 0 Å². The van der Waals surface area contributed by atoms with E-state index in [1.807, 2.05) is 35.8 Å². The van der Waals surface area contributed by atoms with Crippen molar-refractivity contribution in [3.63, 3.8) is 0 Å². The zero-order valence-electron chi connectivity index (χ0n) is 11.0. The summed E-state index contributed by atoms with van der Waals surface area (Å²) in [5.41, 5.74) is 2.30. The summed E-state index contributed by atoms with van der Waals surface area (Å²) < 4.78 is 2.76. The number of hydrogen-bond acceptors (Lipinski definition) is 4. The van der Waals surface area contributed by atoms with E-state index in [1.165, 1.54) is 19.8 Å². The van der Waals surface area contributed by atoms with Gasteiger partial charge in [0, 0.05) is 26.2 Å². The fourth-order valence-corrected chi connectivity index (χ4v) is 4.39. The highest BCUT2D eigenvalue weighted by molar-refractivity contribution is 7.27. The molecule has 1 unspecified atom stereocenters. The van der Waals surface area contributed by atoms with Crippen molar-refractivity contribution in [3.8, 4) is 0 Å². The van der Waals surface area contributed by atoms with Crippen molar-refractivity contribution in [2.45, 2.75) is 19.9 Å². The van der Waals surface area contributed by atoms with Crippen molar-refractivity contribution in [1.29, 1.82) is 0 Å². The highest BCUT2D eigenvalue weighted by Crippen LogP contribution is 2.35. The number of aryl methyl sites for hydroxylation is 1. The SMILES string of the molecule is CCNC(c1ccc(C)nc1)c1cc2sccc2s1. The molecule has 3 aromatic heterocycles. The second kappa shape index (κ2) is 5.41. The van der Waals surface area contributed by atoms with Crippen LogP contribution in [0.2, 0.25) is 0 Å². The molecule has 0 aromatic carbocycles. The van der Waals surface area contributed by atoms with Gasteiger partial charge in [0.05, 0.1) is 6.04 Å². The Hall–Kier alpha value is -1.23. The molecule has 0 saturated carbocycles. The van der Waals surface area contributed by atoms with E-state index in [9.17, 15) is 0 Å². The minimum absolute atomic E-state index is 0.252. The van der Waals surface area contributed by atoms with Gasteiger partial charge >= 0.3 is 0 Å².